The van der Waals surface area contributed by atoms with Crippen LogP contribution in [-0.4, -0.2) is 18.5 Å². The lowest BCUT2D eigenvalue weighted by molar-refractivity contribution is 0.475. The van der Waals surface area contributed by atoms with E-state index in [4.69, 9.17) is 0 Å². The van der Waals surface area contributed by atoms with Crippen molar-refractivity contribution in [3.8, 4) is 5.75 Å². The fourth-order valence-corrected chi connectivity index (χ4v) is 3.66. The van der Waals surface area contributed by atoms with Gasteiger partial charge >= 0.3 is 0 Å². The lowest BCUT2D eigenvalue weighted by Crippen LogP contribution is -2.12. The zero-order chi connectivity index (χ0) is 13.3. The molecule has 0 aliphatic rings. The van der Waals surface area contributed by atoms with Gasteiger partial charge < -0.3 is 5.11 Å². The molecule has 2 rings (SSSR count). The molecule has 0 radical (unpaired) electrons. The summed E-state index contributed by atoms with van der Waals surface area (Å²) >= 11 is 1.16. The number of hydrogen-bond acceptors (Lipinski definition) is 5. The lowest BCUT2D eigenvalue weighted by atomic mass is 10.3. The molecule has 2 aromatic heterocycles. The molecule has 2 N–H and O–H groups in total. The van der Waals surface area contributed by atoms with Crippen LogP contribution in [0.15, 0.2) is 28.5 Å². The number of anilines is 1. The van der Waals surface area contributed by atoms with E-state index in [1.807, 2.05) is 6.92 Å². The van der Waals surface area contributed by atoms with Gasteiger partial charge in [0.05, 0.1) is 0 Å². The van der Waals surface area contributed by atoms with Crippen molar-refractivity contribution in [1.29, 1.82) is 0 Å². The Bertz CT molecular complexity index is 677. The molecule has 2 aromatic rings. The van der Waals surface area contributed by atoms with Gasteiger partial charge in [0.15, 0.2) is 11.6 Å². The second-order valence-corrected chi connectivity index (χ2v) is 6.99. The average Bonchev–Trinajstić information content (AvgIpc) is 2.71. The molecule has 0 saturated carbocycles. The Labute approximate surface area is 109 Å². The first-order valence-corrected chi connectivity index (χ1v) is 7.44. The van der Waals surface area contributed by atoms with Crippen LogP contribution in [0.1, 0.15) is 10.6 Å². The Balaban J connectivity index is 2.36. The molecular weight excluding hydrogens is 272 g/mol. The minimum absolute atomic E-state index is 0.0546. The number of pyridine rings is 1. The molecule has 0 bridgehead atoms. The number of thiophene rings is 1. The Morgan fingerprint density at radius 3 is 2.56 bits per heavy atom. The van der Waals surface area contributed by atoms with E-state index in [2.05, 4.69) is 9.71 Å². The van der Waals surface area contributed by atoms with Crippen molar-refractivity contribution < 1.29 is 13.5 Å². The van der Waals surface area contributed by atoms with E-state index < -0.39 is 10.0 Å². The summed E-state index contributed by atoms with van der Waals surface area (Å²) in [5.41, 5.74) is 0.618. The lowest BCUT2D eigenvalue weighted by Gasteiger charge is -2.07. The van der Waals surface area contributed by atoms with Gasteiger partial charge in [0.25, 0.3) is 10.0 Å². The number of hydrogen-bond donors (Lipinski definition) is 2. The number of aryl methyl sites for hydroxylation is 2. The van der Waals surface area contributed by atoms with Crippen LogP contribution in [-0.2, 0) is 10.0 Å². The maximum Gasteiger partial charge on any atom is 0.272 e. The summed E-state index contributed by atoms with van der Waals surface area (Å²) in [7, 11) is -3.69. The molecular formula is C11H12N2O3S2. The van der Waals surface area contributed by atoms with Crippen LogP contribution in [0, 0.1) is 13.8 Å². The van der Waals surface area contributed by atoms with E-state index in [9.17, 15) is 13.5 Å². The predicted octanol–water partition coefficient (Wildman–Crippen LogP) is 2.27. The van der Waals surface area contributed by atoms with Crippen molar-refractivity contribution in [3.05, 3.63) is 34.8 Å². The molecule has 7 heteroatoms. The quantitative estimate of drug-likeness (QED) is 0.906. The number of rotatable bonds is 3. The maximum absolute atomic E-state index is 12.0. The molecule has 18 heavy (non-hydrogen) atoms. The Hall–Kier alpha value is -1.60. The van der Waals surface area contributed by atoms with Crippen molar-refractivity contribution in [3.63, 3.8) is 0 Å². The molecule has 0 unspecified atom stereocenters. The van der Waals surface area contributed by atoms with Gasteiger partial charge in [-0.05, 0) is 38.1 Å². The minimum Gasteiger partial charge on any atom is -0.504 e. The summed E-state index contributed by atoms with van der Waals surface area (Å²) < 4.78 is 26.5. The Kier molecular flexibility index (Phi) is 3.27. The van der Waals surface area contributed by atoms with Crippen LogP contribution < -0.4 is 4.72 Å². The maximum atomic E-state index is 12.0. The topological polar surface area (TPSA) is 79.3 Å². The molecule has 0 spiro atoms. The molecule has 0 fully saturated rings. The van der Waals surface area contributed by atoms with Crippen molar-refractivity contribution in [2.75, 3.05) is 4.72 Å². The van der Waals surface area contributed by atoms with Crippen LogP contribution >= 0.6 is 11.3 Å². The molecule has 96 valence electrons. The minimum atomic E-state index is -3.69. The smallest absolute Gasteiger partial charge is 0.272 e. The van der Waals surface area contributed by atoms with Crippen molar-refractivity contribution in [2.24, 2.45) is 0 Å². The van der Waals surface area contributed by atoms with Gasteiger partial charge in [-0.2, -0.15) is 0 Å². The summed E-state index contributed by atoms with van der Waals surface area (Å²) in [6.07, 6.45) is 0. The Morgan fingerprint density at radius 2 is 1.94 bits per heavy atom. The van der Waals surface area contributed by atoms with Gasteiger partial charge in [0.2, 0.25) is 0 Å². The number of nitrogens with one attached hydrogen (secondary N) is 1. The largest absolute Gasteiger partial charge is 0.504 e. The van der Waals surface area contributed by atoms with E-state index in [-0.39, 0.29) is 15.8 Å². The van der Waals surface area contributed by atoms with Crippen molar-refractivity contribution >= 4 is 27.2 Å². The fraction of sp³-hybridized carbons (Fsp3) is 0.182. The van der Waals surface area contributed by atoms with Gasteiger partial charge in [-0.3, -0.25) is 4.72 Å². The molecule has 2 heterocycles. The highest BCUT2D eigenvalue weighted by Crippen LogP contribution is 2.26. The zero-order valence-corrected chi connectivity index (χ0v) is 11.5. The Morgan fingerprint density at radius 1 is 1.22 bits per heavy atom. The standard InChI is InChI=1S/C11H12N2O3S2/c1-7-3-5-9(14)11(12-7)13-18(15,16)10-6-4-8(2)17-10/h3-6,14H,1-2H3,(H,12,13). The first kappa shape index (κ1) is 12.8. The first-order valence-electron chi connectivity index (χ1n) is 5.14. The van der Waals surface area contributed by atoms with E-state index >= 15 is 0 Å². The van der Waals surface area contributed by atoms with E-state index in [0.29, 0.717) is 5.69 Å². The normalized spacial score (nSPS) is 11.4. The number of aromatic nitrogens is 1. The van der Waals surface area contributed by atoms with E-state index in [0.717, 1.165) is 16.2 Å². The van der Waals surface area contributed by atoms with Crippen molar-refractivity contribution in [2.45, 2.75) is 18.1 Å². The first-order chi connectivity index (χ1) is 8.38. The molecule has 0 aromatic carbocycles. The van der Waals surface area contributed by atoms with Crippen LogP contribution in [0.25, 0.3) is 0 Å². The van der Waals surface area contributed by atoms with E-state index in [1.165, 1.54) is 12.1 Å². The number of aromatic hydroxyl groups is 1. The van der Waals surface area contributed by atoms with Crippen molar-refractivity contribution in [1.82, 2.24) is 4.98 Å². The van der Waals surface area contributed by atoms with Crippen LogP contribution in [0.5, 0.6) is 5.75 Å². The van der Waals surface area contributed by atoms with Gasteiger partial charge in [-0.25, -0.2) is 13.4 Å². The molecule has 0 saturated heterocycles. The van der Waals surface area contributed by atoms with Crippen LogP contribution in [0.4, 0.5) is 5.82 Å². The summed E-state index contributed by atoms with van der Waals surface area (Å²) in [6.45, 7) is 3.54. The molecule has 5 nitrogen and oxygen atoms in total. The van der Waals surface area contributed by atoms with Gasteiger partial charge in [0.1, 0.15) is 4.21 Å². The highest BCUT2D eigenvalue weighted by atomic mass is 32.2. The SMILES string of the molecule is Cc1ccc(O)c(NS(=O)(=O)c2ccc(C)s2)n1. The molecule has 0 amide bonds. The molecule has 0 aliphatic carbocycles. The molecule has 0 aliphatic heterocycles. The monoisotopic (exact) mass is 284 g/mol. The third kappa shape index (κ3) is 2.62. The summed E-state index contributed by atoms with van der Waals surface area (Å²) in [4.78, 5) is 4.85. The van der Waals surface area contributed by atoms with Gasteiger partial charge in [0, 0.05) is 10.6 Å². The zero-order valence-electron chi connectivity index (χ0n) is 9.84. The van der Waals surface area contributed by atoms with Gasteiger partial charge in [-0.1, -0.05) is 0 Å². The number of nitrogens with zero attached hydrogens (tertiary/aromatic N) is 1. The second-order valence-electron chi connectivity index (χ2n) is 3.79. The van der Waals surface area contributed by atoms with E-state index in [1.54, 1.807) is 19.1 Å². The molecule has 0 atom stereocenters. The highest BCUT2D eigenvalue weighted by Gasteiger charge is 2.18. The number of sulfonamides is 1. The highest BCUT2D eigenvalue weighted by molar-refractivity contribution is 7.94. The summed E-state index contributed by atoms with van der Waals surface area (Å²) in [5, 5.41) is 9.56. The summed E-state index contributed by atoms with van der Waals surface area (Å²) in [6, 6.07) is 6.25. The predicted molar refractivity (Wildman–Crippen MR) is 70.5 cm³/mol. The van der Waals surface area contributed by atoms with Crippen LogP contribution in [0.2, 0.25) is 0 Å². The third-order valence-electron chi connectivity index (χ3n) is 2.22. The third-order valence-corrected chi connectivity index (χ3v) is 5.06. The fourth-order valence-electron chi connectivity index (χ4n) is 1.36. The second kappa shape index (κ2) is 4.58. The van der Waals surface area contributed by atoms with Gasteiger partial charge in [-0.15, -0.1) is 11.3 Å². The van der Waals surface area contributed by atoms with Crippen LogP contribution in [0.3, 0.4) is 0 Å². The summed E-state index contributed by atoms with van der Waals surface area (Å²) in [5.74, 6) is -0.251. The average molecular weight is 284 g/mol.